The van der Waals surface area contributed by atoms with E-state index in [-0.39, 0.29) is 18.1 Å². The Morgan fingerprint density at radius 2 is 1.92 bits per heavy atom. The summed E-state index contributed by atoms with van der Waals surface area (Å²) in [5.74, 6) is 1.68. The molecule has 2 unspecified atom stereocenters. The van der Waals surface area contributed by atoms with Crippen LogP contribution in [0.15, 0.2) is 54.9 Å². The fourth-order valence-corrected chi connectivity index (χ4v) is 3.05. The van der Waals surface area contributed by atoms with Crippen molar-refractivity contribution in [3.05, 3.63) is 60.4 Å². The lowest BCUT2D eigenvalue weighted by molar-refractivity contribution is 0.0212. The second-order valence-electron chi connectivity index (χ2n) is 6.13. The molecule has 0 spiro atoms. The standard InChI is InChI=1S/C18H20N6O/c1-13-12-25-15(14-6-3-2-4-7-14)11-23(13)16-10-17(22-18(19)21-16)24-9-5-8-20-24/h2-10,13,15H,11-12H2,1H3,(H2,19,21,22). The Hall–Kier alpha value is -2.93. The van der Waals surface area contributed by atoms with Crippen molar-refractivity contribution in [1.29, 1.82) is 0 Å². The number of benzene rings is 1. The average Bonchev–Trinajstić information content (AvgIpc) is 3.17. The van der Waals surface area contributed by atoms with Crippen molar-refractivity contribution in [1.82, 2.24) is 19.7 Å². The highest BCUT2D eigenvalue weighted by Crippen LogP contribution is 2.29. The van der Waals surface area contributed by atoms with Gasteiger partial charge in [-0.1, -0.05) is 30.3 Å². The number of nitrogens with zero attached hydrogens (tertiary/aromatic N) is 5. The summed E-state index contributed by atoms with van der Waals surface area (Å²) in [4.78, 5) is 10.9. The Labute approximate surface area is 146 Å². The molecule has 0 amide bonds. The van der Waals surface area contributed by atoms with Gasteiger partial charge in [0.05, 0.1) is 19.2 Å². The van der Waals surface area contributed by atoms with E-state index in [9.17, 15) is 0 Å². The predicted molar refractivity (Wildman–Crippen MR) is 95.5 cm³/mol. The number of morpholine rings is 1. The van der Waals surface area contributed by atoms with Crippen LogP contribution in [-0.2, 0) is 4.74 Å². The van der Waals surface area contributed by atoms with Crippen molar-refractivity contribution >= 4 is 11.8 Å². The fraction of sp³-hybridized carbons (Fsp3) is 0.278. The SMILES string of the molecule is CC1COC(c2ccccc2)CN1c1cc(-n2cccn2)nc(N)n1. The van der Waals surface area contributed by atoms with Gasteiger partial charge in [-0.15, -0.1) is 0 Å². The lowest BCUT2D eigenvalue weighted by Crippen LogP contribution is -2.45. The third-order valence-corrected chi connectivity index (χ3v) is 4.35. The van der Waals surface area contributed by atoms with E-state index in [1.54, 1.807) is 10.9 Å². The van der Waals surface area contributed by atoms with E-state index in [4.69, 9.17) is 10.5 Å². The van der Waals surface area contributed by atoms with Gasteiger partial charge in [0.25, 0.3) is 0 Å². The first-order valence-electron chi connectivity index (χ1n) is 8.28. The maximum Gasteiger partial charge on any atom is 0.224 e. The van der Waals surface area contributed by atoms with Gasteiger partial charge in [0.1, 0.15) is 11.9 Å². The van der Waals surface area contributed by atoms with Crippen LogP contribution in [0.3, 0.4) is 0 Å². The van der Waals surface area contributed by atoms with Gasteiger partial charge in [-0.25, -0.2) is 4.68 Å². The lowest BCUT2D eigenvalue weighted by atomic mass is 10.1. The first-order valence-corrected chi connectivity index (χ1v) is 8.28. The third-order valence-electron chi connectivity index (χ3n) is 4.35. The third kappa shape index (κ3) is 3.18. The first-order chi connectivity index (χ1) is 12.2. The summed E-state index contributed by atoms with van der Waals surface area (Å²) >= 11 is 0. The molecule has 25 heavy (non-hydrogen) atoms. The van der Waals surface area contributed by atoms with E-state index >= 15 is 0 Å². The quantitative estimate of drug-likeness (QED) is 0.790. The summed E-state index contributed by atoms with van der Waals surface area (Å²) < 4.78 is 7.71. The number of hydrogen-bond acceptors (Lipinski definition) is 6. The minimum atomic E-state index is 0.00161. The van der Waals surface area contributed by atoms with Crippen LogP contribution in [0.5, 0.6) is 0 Å². The van der Waals surface area contributed by atoms with Crippen LogP contribution in [0.1, 0.15) is 18.6 Å². The van der Waals surface area contributed by atoms with Crippen LogP contribution in [0.4, 0.5) is 11.8 Å². The monoisotopic (exact) mass is 336 g/mol. The van der Waals surface area contributed by atoms with E-state index < -0.39 is 0 Å². The Morgan fingerprint density at radius 1 is 1.12 bits per heavy atom. The summed E-state index contributed by atoms with van der Waals surface area (Å²) in [6.07, 6.45) is 3.55. The van der Waals surface area contributed by atoms with Crippen LogP contribution in [-0.4, -0.2) is 38.9 Å². The second-order valence-corrected chi connectivity index (χ2v) is 6.13. The molecule has 1 aromatic carbocycles. The molecule has 1 saturated heterocycles. The van der Waals surface area contributed by atoms with Crippen molar-refractivity contribution in [3.63, 3.8) is 0 Å². The molecule has 0 saturated carbocycles. The molecule has 4 rings (SSSR count). The molecule has 3 heterocycles. The summed E-state index contributed by atoms with van der Waals surface area (Å²) in [6, 6.07) is 14.2. The van der Waals surface area contributed by atoms with Crippen LogP contribution in [0.2, 0.25) is 0 Å². The topological polar surface area (TPSA) is 82.1 Å². The minimum absolute atomic E-state index is 0.00161. The van der Waals surface area contributed by atoms with Crippen LogP contribution < -0.4 is 10.6 Å². The van der Waals surface area contributed by atoms with Crippen molar-refractivity contribution in [2.24, 2.45) is 0 Å². The van der Waals surface area contributed by atoms with Crippen molar-refractivity contribution in [3.8, 4) is 5.82 Å². The molecule has 1 aliphatic rings. The summed E-state index contributed by atoms with van der Waals surface area (Å²) in [6.45, 7) is 3.45. The zero-order valence-electron chi connectivity index (χ0n) is 14.0. The van der Waals surface area contributed by atoms with Gasteiger partial charge in [0.15, 0.2) is 5.82 Å². The van der Waals surface area contributed by atoms with Crippen molar-refractivity contribution in [2.75, 3.05) is 23.8 Å². The molecule has 7 nitrogen and oxygen atoms in total. The van der Waals surface area contributed by atoms with Gasteiger partial charge in [-0.2, -0.15) is 15.1 Å². The molecule has 7 heteroatoms. The highest BCUT2D eigenvalue weighted by Gasteiger charge is 2.28. The summed E-state index contributed by atoms with van der Waals surface area (Å²) in [7, 11) is 0. The molecule has 2 atom stereocenters. The zero-order chi connectivity index (χ0) is 17.2. The first kappa shape index (κ1) is 15.6. The number of aromatic nitrogens is 4. The Morgan fingerprint density at radius 3 is 2.68 bits per heavy atom. The maximum absolute atomic E-state index is 6.03. The van der Waals surface area contributed by atoms with Crippen molar-refractivity contribution in [2.45, 2.75) is 19.1 Å². The highest BCUT2D eigenvalue weighted by atomic mass is 16.5. The summed E-state index contributed by atoms with van der Waals surface area (Å²) in [5, 5.41) is 4.22. The van der Waals surface area contributed by atoms with E-state index in [0.29, 0.717) is 19.0 Å². The number of rotatable bonds is 3. The molecule has 2 N–H and O–H groups in total. The zero-order valence-corrected chi connectivity index (χ0v) is 14.0. The van der Waals surface area contributed by atoms with Crippen molar-refractivity contribution < 1.29 is 4.74 Å². The molecular formula is C18H20N6O. The molecule has 2 aromatic heterocycles. The minimum Gasteiger partial charge on any atom is -0.370 e. The molecule has 1 aliphatic heterocycles. The maximum atomic E-state index is 6.03. The van der Waals surface area contributed by atoms with Crippen LogP contribution in [0, 0.1) is 0 Å². The molecule has 0 aliphatic carbocycles. The number of hydrogen-bond donors (Lipinski definition) is 1. The fourth-order valence-electron chi connectivity index (χ4n) is 3.05. The summed E-state index contributed by atoms with van der Waals surface area (Å²) in [5.41, 5.74) is 7.10. The molecule has 1 fully saturated rings. The molecule has 0 radical (unpaired) electrons. The van der Waals surface area contributed by atoms with Gasteiger partial charge >= 0.3 is 0 Å². The second kappa shape index (κ2) is 6.52. The largest absolute Gasteiger partial charge is 0.370 e. The lowest BCUT2D eigenvalue weighted by Gasteiger charge is -2.39. The van der Waals surface area contributed by atoms with E-state index in [0.717, 1.165) is 11.4 Å². The van der Waals surface area contributed by atoms with Gasteiger partial charge in [0.2, 0.25) is 5.95 Å². The van der Waals surface area contributed by atoms with Crippen LogP contribution >= 0.6 is 0 Å². The average molecular weight is 336 g/mol. The van der Waals surface area contributed by atoms with Gasteiger partial charge in [-0.3, -0.25) is 0 Å². The Kier molecular flexibility index (Phi) is 4.07. The van der Waals surface area contributed by atoms with Gasteiger partial charge < -0.3 is 15.4 Å². The Bertz CT molecular complexity index is 836. The van der Waals surface area contributed by atoms with E-state index in [1.165, 1.54) is 0 Å². The number of anilines is 2. The van der Waals surface area contributed by atoms with Crippen LogP contribution in [0.25, 0.3) is 5.82 Å². The normalized spacial score (nSPS) is 20.6. The van der Waals surface area contributed by atoms with Gasteiger partial charge in [0, 0.05) is 18.5 Å². The van der Waals surface area contributed by atoms with E-state index in [1.807, 2.05) is 36.5 Å². The number of nitrogen functional groups attached to an aromatic ring is 1. The molecule has 3 aromatic rings. The highest BCUT2D eigenvalue weighted by molar-refractivity contribution is 5.49. The molecule has 0 bridgehead atoms. The predicted octanol–water partition coefficient (Wildman–Crippen LogP) is 2.21. The number of nitrogens with two attached hydrogens (primary N) is 1. The number of ether oxygens (including phenoxy) is 1. The van der Waals surface area contributed by atoms with Gasteiger partial charge in [-0.05, 0) is 18.6 Å². The molecule has 128 valence electrons. The Balaban J connectivity index is 1.65. The smallest absolute Gasteiger partial charge is 0.224 e. The molecular weight excluding hydrogens is 316 g/mol. The van der Waals surface area contributed by atoms with E-state index in [2.05, 4.69) is 39.0 Å².